The molecule has 1 aliphatic carbocycles. The Balaban J connectivity index is 1.65. The summed E-state index contributed by atoms with van der Waals surface area (Å²) >= 11 is 0. The first kappa shape index (κ1) is 20.3. The van der Waals surface area contributed by atoms with Crippen LogP contribution in [0.4, 0.5) is 0 Å². The average Bonchev–Trinajstić information content (AvgIpc) is 2.94. The van der Waals surface area contributed by atoms with Gasteiger partial charge in [-0.3, -0.25) is 14.6 Å². The van der Waals surface area contributed by atoms with Crippen LogP contribution in [0.25, 0.3) is 0 Å². The Morgan fingerprint density at radius 2 is 1.74 bits per heavy atom. The maximum Gasteiger partial charge on any atom is 0.325 e. The Morgan fingerprint density at radius 1 is 1.00 bits per heavy atom. The average molecular weight is 375 g/mol. The SMILES string of the molecule is O=C(O)C(c1ccc(CCCO)cc1)N1CCCN(C2CCCCC2)CC1. The summed E-state index contributed by atoms with van der Waals surface area (Å²) in [5.41, 5.74) is 2.01. The molecule has 1 saturated heterocycles. The van der Waals surface area contributed by atoms with Crippen molar-refractivity contribution in [2.45, 2.75) is 63.5 Å². The molecule has 0 amide bonds. The van der Waals surface area contributed by atoms with Gasteiger partial charge in [-0.05, 0) is 49.8 Å². The first-order chi connectivity index (χ1) is 13.2. The van der Waals surface area contributed by atoms with Crippen LogP contribution in [0.5, 0.6) is 0 Å². The van der Waals surface area contributed by atoms with Crippen molar-refractivity contribution in [1.29, 1.82) is 0 Å². The number of carbonyl (C=O) groups is 1. The molecule has 1 aliphatic heterocycles. The maximum atomic E-state index is 12.1. The standard InChI is InChI=1S/C22H34N2O3/c25-17-4-6-18-9-11-19(12-10-18)21(22(26)27)24-14-5-13-23(15-16-24)20-7-2-1-3-8-20/h9-12,20-21,25H,1-8,13-17H2,(H,26,27). The van der Waals surface area contributed by atoms with Crippen LogP contribution >= 0.6 is 0 Å². The molecule has 150 valence electrons. The Morgan fingerprint density at radius 3 is 2.41 bits per heavy atom. The molecule has 1 aromatic rings. The first-order valence-electron chi connectivity index (χ1n) is 10.6. The number of carboxylic acid groups (broad SMARTS) is 1. The lowest BCUT2D eigenvalue weighted by atomic mass is 9.94. The summed E-state index contributed by atoms with van der Waals surface area (Å²) < 4.78 is 0. The van der Waals surface area contributed by atoms with E-state index < -0.39 is 12.0 Å². The van der Waals surface area contributed by atoms with Gasteiger partial charge in [0.05, 0.1) is 0 Å². The van der Waals surface area contributed by atoms with Crippen LogP contribution in [0.2, 0.25) is 0 Å². The minimum absolute atomic E-state index is 0.185. The third-order valence-corrected chi connectivity index (χ3v) is 6.17. The molecule has 5 nitrogen and oxygen atoms in total. The van der Waals surface area contributed by atoms with Gasteiger partial charge in [0, 0.05) is 32.3 Å². The molecular formula is C22H34N2O3. The predicted octanol–water partition coefficient (Wildman–Crippen LogP) is 3.08. The Bertz CT molecular complexity index is 584. The van der Waals surface area contributed by atoms with E-state index >= 15 is 0 Å². The highest BCUT2D eigenvalue weighted by Gasteiger charge is 2.30. The van der Waals surface area contributed by atoms with Crippen LogP contribution < -0.4 is 0 Å². The highest BCUT2D eigenvalue weighted by molar-refractivity contribution is 5.75. The zero-order chi connectivity index (χ0) is 19.1. The predicted molar refractivity (Wildman–Crippen MR) is 107 cm³/mol. The van der Waals surface area contributed by atoms with Crippen molar-refractivity contribution in [2.75, 3.05) is 32.8 Å². The fraction of sp³-hybridized carbons (Fsp3) is 0.682. The molecule has 3 rings (SSSR count). The van der Waals surface area contributed by atoms with E-state index in [1.807, 2.05) is 24.3 Å². The summed E-state index contributed by atoms with van der Waals surface area (Å²) in [4.78, 5) is 16.8. The highest BCUT2D eigenvalue weighted by atomic mass is 16.4. The lowest BCUT2D eigenvalue weighted by Crippen LogP contribution is -2.41. The van der Waals surface area contributed by atoms with Crippen molar-refractivity contribution in [3.8, 4) is 0 Å². The zero-order valence-electron chi connectivity index (χ0n) is 16.4. The van der Waals surface area contributed by atoms with Crippen LogP contribution in [0.15, 0.2) is 24.3 Å². The van der Waals surface area contributed by atoms with Crippen LogP contribution in [0.1, 0.15) is 62.1 Å². The number of aliphatic carboxylic acids is 1. The molecule has 1 aromatic carbocycles. The van der Waals surface area contributed by atoms with E-state index in [0.29, 0.717) is 6.04 Å². The lowest BCUT2D eigenvalue weighted by Gasteiger charge is -2.34. The number of benzene rings is 1. The number of hydrogen-bond donors (Lipinski definition) is 2. The van der Waals surface area contributed by atoms with Gasteiger partial charge in [0.1, 0.15) is 6.04 Å². The summed E-state index contributed by atoms with van der Waals surface area (Å²) in [6.07, 6.45) is 9.26. The monoisotopic (exact) mass is 374 g/mol. The third kappa shape index (κ3) is 5.53. The number of aliphatic hydroxyl groups is 1. The van der Waals surface area contributed by atoms with Gasteiger partial charge in [-0.25, -0.2) is 0 Å². The molecule has 0 radical (unpaired) electrons. The van der Waals surface area contributed by atoms with E-state index in [4.69, 9.17) is 5.11 Å². The van der Waals surface area contributed by atoms with Gasteiger partial charge < -0.3 is 10.2 Å². The van der Waals surface area contributed by atoms with Crippen molar-refractivity contribution in [1.82, 2.24) is 9.80 Å². The van der Waals surface area contributed by atoms with Gasteiger partial charge in [-0.1, -0.05) is 43.5 Å². The Labute approximate surface area is 163 Å². The van der Waals surface area contributed by atoms with Gasteiger partial charge in [-0.2, -0.15) is 0 Å². The number of aryl methyl sites for hydroxylation is 1. The van der Waals surface area contributed by atoms with Crippen molar-refractivity contribution in [3.63, 3.8) is 0 Å². The van der Waals surface area contributed by atoms with E-state index in [0.717, 1.165) is 56.6 Å². The number of nitrogens with zero attached hydrogens (tertiary/aromatic N) is 2. The van der Waals surface area contributed by atoms with E-state index in [1.54, 1.807) is 0 Å². The number of carboxylic acids is 1. The second kappa shape index (κ2) is 10.2. The summed E-state index contributed by atoms with van der Waals surface area (Å²) in [7, 11) is 0. The van der Waals surface area contributed by atoms with Crippen molar-refractivity contribution < 1.29 is 15.0 Å². The smallest absolute Gasteiger partial charge is 0.325 e. The fourth-order valence-electron chi connectivity index (χ4n) is 4.69. The topological polar surface area (TPSA) is 64.0 Å². The van der Waals surface area contributed by atoms with Gasteiger partial charge in [-0.15, -0.1) is 0 Å². The van der Waals surface area contributed by atoms with Crippen LogP contribution in [-0.2, 0) is 11.2 Å². The Kier molecular flexibility index (Phi) is 7.68. The second-order valence-corrected chi connectivity index (χ2v) is 8.03. The van der Waals surface area contributed by atoms with E-state index in [-0.39, 0.29) is 6.61 Å². The summed E-state index contributed by atoms with van der Waals surface area (Å²) in [5, 5.41) is 18.9. The number of hydrogen-bond acceptors (Lipinski definition) is 4. The highest BCUT2D eigenvalue weighted by Crippen LogP contribution is 2.27. The summed E-state index contributed by atoms with van der Waals surface area (Å²) in [6, 6.07) is 8.06. The van der Waals surface area contributed by atoms with Crippen molar-refractivity contribution in [3.05, 3.63) is 35.4 Å². The molecule has 1 unspecified atom stereocenters. The summed E-state index contributed by atoms with van der Waals surface area (Å²) in [5.74, 6) is -0.760. The molecule has 0 spiro atoms. The van der Waals surface area contributed by atoms with E-state index in [2.05, 4.69) is 9.80 Å². The molecule has 1 atom stereocenters. The molecule has 5 heteroatoms. The number of aliphatic hydroxyl groups excluding tert-OH is 1. The quantitative estimate of drug-likeness (QED) is 0.768. The van der Waals surface area contributed by atoms with Crippen LogP contribution in [-0.4, -0.2) is 64.8 Å². The molecule has 1 saturated carbocycles. The maximum absolute atomic E-state index is 12.1. The molecule has 2 fully saturated rings. The van der Waals surface area contributed by atoms with Gasteiger partial charge >= 0.3 is 5.97 Å². The molecule has 27 heavy (non-hydrogen) atoms. The van der Waals surface area contributed by atoms with Gasteiger partial charge in [0.15, 0.2) is 0 Å². The third-order valence-electron chi connectivity index (χ3n) is 6.17. The van der Waals surface area contributed by atoms with Crippen molar-refractivity contribution >= 4 is 5.97 Å². The second-order valence-electron chi connectivity index (χ2n) is 8.03. The van der Waals surface area contributed by atoms with Crippen molar-refractivity contribution in [2.24, 2.45) is 0 Å². The minimum Gasteiger partial charge on any atom is -0.480 e. The first-order valence-corrected chi connectivity index (χ1v) is 10.6. The van der Waals surface area contributed by atoms with E-state index in [9.17, 15) is 9.90 Å². The van der Waals surface area contributed by atoms with Gasteiger partial charge in [0.2, 0.25) is 0 Å². The molecular weight excluding hydrogens is 340 g/mol. The van der Waals surface area contributed by atoms with Crippen LogP contribution in [0.3, 0.4) is 0 Å². The molecule has 1 heterocycles. The largest absolute Gasteiger partial charge is 0.480 e. The fourth-order valence-corrected chi connectivity index (χ4v) is 4.69. The molecule has 0 aromatic heterocycles. The molecule has 2 aliphatic rings. The Hall–Kier alpha value is -1.43. The minimum atomic E-state index is -0.760. The van der Waals surface area contributed by atoms with Gasteiger partial charge in [0.25, 0.3) is 0 Å². The van der Waals surface area contributed by atoms with E-state index in [1.165, 1.54) is 32.1 Å². The number of rotatable bonds is 7. The molecule has 0 bridgehead atoms. The lowest BCUT2D eigenvalue weighted by molar-refractivity contribution is -0.143. The molecule has 2 N–H and O–H groups in total. The normalized spacial score (nSPS) is 21.7. The zero-order valence-corrected chi connectivity index (χ0v) is 16.4. The summed E-state index contributed by atoms with van der Waals surface area (Å²) in [6.45, 7) is 3.91. The van der Waals surface area contributed by atoms with Crippen LogP contribution in [0, 0.1) is 0 Å².